The van der Waals surface area contributed by atoms with Gasteiger partial charge in [0.2, 0.25) is 0 Å². The molecule has 0 saturated carbocycles. The maximum atomic E-state index is 5.35. The van der Waals surface area contributed by atoms with Gasteiger partial charge < -0.3 is 4.74 Å². The Labute approximate surface area is 88.2 Å². The van der Waals surface area contributed by atoms with Gasteiger partial charge >= 0.3 is 0 Å². The number of ether oxygens (including phenoxy) is 1. The molecule has 0 saturated heterocycles. The van der Waals surface area contributed by atoms with Gasteiger partial charge in [-0.25, -0.2) is 0 Å². The third-order valence-corrected chi connectivity index (χ3v) is 3.72. The molecule has 0 heterocycles. The third-order valence-electron chi connectivity index (χ3n) is 2.76. The molecule has 1 nitrogen and oxygen atoms in total. The summed E-state index contributed by atoms with van der Waals surface area (Å²) < 4.78 is 6.42. The minimum absolute atomic E-state index is 0.959. The van der Waals surface area contributed by atoms with Gasteiger partial charge in [-0.15, -0.1) is 0 Å². The molecule has 0 N–H and O–H groups in total. The molecule has 1 aromatic rings. The van der Waals surface area contributed by atoms with E-state index in [1.54, 1.807) is 7.11 Å². The van der Waals surface area contributed by atoms with E-state index >= 15 is 0 Å². The van der Waals surface area contributed by atoms with Crippen LogP contribution in [0.4, 0.5) is 0 Å². The molecule has 0 aliphatic heterocycles. The molecule has 0 atom stereocenters. The van der Waals surface area contributed by atoms with Crippen molar-refractivity contribution >= 4 is 15.9 Å². The summed E-state index contributed by atoms with van der Waals surface area (Å²) in [6.07, 6.45) is 0. The van der Waals surface area contributed by atoms with Crippen LogP contribution in [0.25, 0.3) is 0 Å². The van der Waals surface area contributed by atoms with Crippen LogP contribution in [0.5, 0.6) is 5.75 Å². The molecule has 0 bridgehead atoms. The molecule has 1 aromatic carbocycles. The van der Waals surface area contributed by atoms with E-state index in [4.69, 9.17) is 4.74 Å². The summed E-state index contributed by atoms with van der Waals surface area (Å²) >= 11 is 3.55. The third kappa shape index (κ3) is 1.60. The molecule has 0 spiro atoms. The van der Waals surface area contributed by atoms with Crippen molar-refractivity contribution in [2.75, 3.05) is 7.11 Å². The van der Waals surface area contributed by atoms with Crippen molar-refractivity contribution in [3.8, 4) is 5.75 Å². The highest BCUT2D eigenvalue weighted by Gasteiger charge is 2.12. The molecule has 0 aliphatic carbocycles. The average molecular weight is 243 g/mol. The quantitative estimate of drug-likeness (QED) is 0.730. The lowest BCUT2D eigenvalue weighted by atomic mass is 9.99. The number of hydrogen-bond acceptors (Lipinski definition) is 1. The van der Waals surface area contributed by atoms with Gasteiger partial charge in [0.1, 0.15) is 5.75 Å². The summed E-state index contributed by atoms with van der Waals surface area (Å²) in [5.74, 6) is 0.959. The van der Waals surface area contributed by atoms with Crippen molar-refractivity contribution in [1.29, 1.82) is 0 Å². The molecular formula is C11H15BrO. The number of halogens is 1. The van der Waals surface area contributed by atoms with Gasteiger partial charge in [-0.05, 0) is 65.9 Å². The van der Waals surface area contributed by atoms with Crippen molar-refractivity contribution in [2.45, 2.75) is 27.7 Å². The van der Waals surface area contributed by atoms with Crippen LogP contribution < -0.4 is 4.74 Å². The number of benzene rings is 1. The van der Waals surface area contributed by atoms with Gasteiger partial charge in [-0.3, -0.25) is 0 Å². The average Bonchev–Trinajstić information content (AvgIpc) is 2.13. The fourth-order valence-electron chi connectivity index (χ4n) is 1.48. The Morgan fingerprint density at radius 1 is 0.846 bits per heavy atom. The number of methoxy groups -OCH3 is 1. The molecule has 0 aliphatic rings. The lowest BCUT2D eigenvalue weighted by Crippen LogP contribution is -1.97. The smallest absolute Gasteiger partial charge is 0.136 e. The molecule has 0 fully saturated rings. The minimum Gasteiger partial charge on any atom is -0.495 e. The van der Waals surface area contributed by atoms with E-state index in [9.17, 15) is 0 Å². The van der Waals surface area contributed by atoms with Gasteiger partial charge in [-0.1, -0.05) is 0 Å². The molecule has 0 radical (unpaired) electrons. The normalized spacial score (nSPS) is 10.3. The van der Waals surface area contributed by atoms with Crippen molar-refractivity contribution in [1.82, 2.24) is 0 Å². The SMILES string of the molecule is COc1c(C)c(C)c(C)c(C)c1Br. The monoisotopic (exact) mass is 242 g/mol. The van der Waals surface area contributed by atoms with E-state index in [1.165, 1.54) is 22.3 Å². The van der Waals surface area contributed by atoms with E-state index < -0.39 is 0 Å². The molecule has 0 unspecified atom stereocenters. The van der Waals surface area contributed by atoms with E-state index in [2.05, 4.69) is 43.6 Å². The Hall–Kier alpha value is -0.500. The predicted molar refractivity (Wildman–Crippen MR) is 59.6 cm³/mol. The zero-order valence-electron chi connectivity index (χ0n) is 8.79. The van der Waals surface area contributed by atoms with E-state index in [0.717, 1.165) is 10.2 Å². The summed E-state index contributed by atoms with van der Waals surface area (Å²) in [7, 11) is 1.71. The van der Waals surface area contributed by atoms with Crippen molar-refractivity contribution in [3.05, 3.63) is 26.7 Å². The molecule has 0 aromatic heterocycles. The van der Waals surface area contributed by atoms with Gasteiger partial charge in [0.05, 0.1) is 11.6 Å². The van der Waals surface area contributed by atoms with Crippen molar-refractivity contribution < 1.29 is 4.74 Å². The van der Waals surface area contributed by atoms with Gasteiger partial charge in [0.15, 0.2) is 0 Å². The summed E-state index contributed by atoms with van der Waals surface area (Å²) in [5.41, 5.74) is 5.14. The Balaban J connectivity index is 3.56. The molecule has 0 amide bonds. The van der Waals surface area contributed by atoms with Crippen LogP contribution in [0.15, 0.2) is 4.47 Å². The highest BCUT2D eigenvalue weighted by Crippen LogP contribution is 2.36. The van der Waals surface area contributed by atoms with Crippen LogP contribution >= 0.6 is 15.9 Å². The van der Waals surface area contributed by atoms with E-state index in [1.807, 2.05) is 0 Å². The van der Waals surface area contributed by atoms with Crippen LogP contribution in [0.2, 0.25) is 0 Å². The van der Waals surface area contributed by atoms with Crippen LogP contribution in [-0.4, -0.2) is 7.11 Å². The Bertz CT molecular complexity index is 313. The fourth-order valence-corrected chi connectivity index (χ4v) is 2.23. The summed E-state index contributed by atoms with van der Waals surface area (Å²) in [6, 6.07) is 0. The van der Waals surface area contributed by atoms with Crippen LogP contribution in [-0.2, 0) is 0 Å². The first-order chi connectivity index (χ1) is 6.00. The second-order valence-corrected chi connectivity index (χ2v) is 4.14. The molecular weight excluding hydrogens is 228 g/mol. The summed E-state index contributed by atoms with van der Waals surface area (Å²) in [6.45, 7) is 8.47. The van der Waals surface area contributed by atoms with Crippen LogP contribution in [0.1, 0.15) is 22.3 Å². The minimum atomic E-state index is 0.959. The molecule has 2 heteroatoms. The zero-order chi connectivity index (χ0) is 10.2. The lowest BCUT2D eigenvalue weighted by Gasteiger charge is -2.15. The first-order valence-electron chi connectivity index (χ1n) is 4.30. The first-order valence-corrected chi connectivity index (χ1v) is 5.09. The summed E-state index contributed by atoms with van der Waals surface area (Å²) in [5, 5.41) is 0. The van der Waals surface area contributed by atoms with Gasteiger partial charge in [-0.2, -0.15) is 0 Å². The van der Waals surface area contributed by atoms with Crippen LogP contribution in [0.3, 0.4) is 0 Å². The zero-order valence-corrected chi connectivity index (χ0v) is 10.4. The fraction of sp³-hybridized carbons (Fsp3) is 0.455. The standard InChI is InChI=1S/C11H15BrO/c1-6-7(2)9(4)11(13-5)10(12)8(6)3/h1-5H3. The second-order valence-electron chi connectivity index (χ2n) is 3.35. The maximum absolute atomic E-state index is 5.35. The maximum Gasteiger partial charge on any atom is 0.136 e. The topological polar surface area (TPSA) is 9.23 Å². The van der Waals surface area contributed by atoms with Gasteiger partial charge in [0, 0.05) is 0 Å². The van der Waals surface area contributed by atoms with E-state index in [-0.39, 0.29) is 0 Å². The summed E-state index contributed by atoms with van der Waals surface area (Å²) in [4.78, 5) is 0. The number of hydrogen-bond donors (Lipinski definition) is 0. The van der Waals surface area contributed by atoms with Crippen molar-refractivity contribution in [3.63, 3.8) is 0 Å². The number of rotatable bonds is 1. The Kier molecular flexibility index (Phi) is 3.01. The highest BCUT2D eigenvalue weighted by atomic mass is 79.9. The molecule has 72 valence electrons. The largest absolute Gasteiger partial charge is 0.495 e. The Morgan fingerprint density at radius 2 is 1.31 bits per heavy atom. The van der Waals surface area contributed by atoms with Crippen LogP contribution in [0, 0.1) is 27.7 Å². The molecule has 13 heavy (non-hydrogen) atoms. The molecule has 1 rings (SSSR count). The highest BCUT2D eigenvalue weighted by molar-refractivity contribution is 9.10. The first kappa shape index (κ1) is 10.6. The predicted octanol–water partition coefficient (Wildman–Crippen LogP) is 3.69. The van der Waals surface area contributed by atoms with Gasteiger partial charge in [0.25, 0.3) is 0 Å². The Morgan fingerprint density at radius 3 is 1.77 bits per heavy atom. The van der Waals surface area contributed by atoms with E-state index in [0.29, 0.717) is 0 Å². The lowest BCUT2D eigenvalue weighted by molar-refractivity contribution is 0.408. The second kappa shape index (κ2) is 3.70. The van der Waals surface area contributed by atoms with Crippen molar-refractivity contribution in [2.24, 2.45) is 0 Å².